The van der Waals surface area contributed by atoms with E-state index in [0.717, 1.165) is 12.0 Å². The topological polar surface area (TPSA) is 41.1 Å². The molecule has 0 aromatic heterocycles. The molecule has 4 heteroatoms. The average molecular weight is 262 g/mol. The molecule has 1 aromatic rings. The molecule has 0 aliphatic rings. The summed E-state index contributed by atoms with van der Waals surface area (Å²) in [5.41, 5.74) is 4.03. The molecular formula is C15H24N3O+. The van der Waals surface area contributed by atoms with Crippen molar-refractivity contribution in [2.24, 2.45) is 0 Å². The number of rotatable bonds is 6. The van der Waals surface area contributed by atoms with Gasteiger partial charge in [-0.25, -0.2) is 10.0 Å². The predicted molar refractivity (Wildman–Crippen MR) is 78.9 cm³/mol. The Labute approximate surface area is 115 Å². The molecule has 1 atom stereocenters. The van der Waals surface area contributed by atoms with Crippen LogP contribution in [0.3, 0.4) is 0 Å². The third kappa shape index (κ3) is 6.06. The fraction of sp³-hybridized carbons (Fsp3) is 0.400. The quantitative estimate of drug-likeness (QED) is 0.606. The molecule has 4 nitrogen and oxygen atoms in total. The first-order valence-electron chi connectivity index (χ1n) is 6.53. The van der Waals surface area contributed by atoms with E-state index in [0.29, 0.717) is 4.59 Å². The maximum Gasteiger partial charge on any atom is 0.287 e. The van der Waals surface area contributed by atoms with Crippen molar-refractivity contribution in [2.45, 2.75) is 19.4 Å². The van der Waals surface area contributed by atoms with Crippen LogP contribution in [0.15, 0.2) is 36.5 Å². The van der Waals surface area contributed by atoms with Gasteiger partial charge < -0.3 is 5.32 Å². The van der Waals surface area contributed by atoms with Crippen molar-refractivity contribution in [3.63, 3.8) is 0 Å². The Morgan fingerprint density at radius 2 is 1.89 bits per heavy atom. The third-order valence-corrected chi connectivity index (χ3v) is 2.54. The van der Waals surface area contributed by atoms with Crippen molar-refractivity contribution in [1.82, 2.24) is 10.7 Å². The van der Waals surface area contributed by atoms with Gasteiger partial charge in [-0.2, -0.15) is 0 Å². The van der Waals surface area contributed by atoms with Crippen molar-refractivity contribution in [1.29, 1.82) is 0 Å². The van der Waals surface area contributed by atoms with Gasteiger partial charge in [0.1, 0.15) is 6.04 Å². The van der Waals surface area contributed by atoms with E-state index in [4.69, 9.17) is 0 Å². The van der Waals surface area contributed by atoms with Crippen LogP contribution in [-0.2, 0) is 4.79 Å². The second kappa shape index (κ2) is 6.95. The third-order valence-electron chi connectivity index (χ3n) is 2.54. The van der Waals surface area contributed by atoms with Gasteiger partial charge in [-0.3, -0.25) is 4.79 Å². The molecule has 1 amide bonds. The first kappa shape index (κ1) is 15.2. The van der Waals surface area contributed by atoms with Gasteiger partial charge in [-0.05, 0) is 24.3 Å². The molecule has 19 heavy (non-hydrogen) atoms. The van der Waals surface area contributed by atoms with Crippen LogP contribution < -0.4 is 10.7 Å². The normalized spacial score (nSPS) is 13.3. The second-order valence-electron chi connectivity index (χ2n) is 5.36. The van der Waals surface area contributed by atoms with E-state index in [1.165, 1.54) is 0 Å². The summed E-state index contributed by atoms with van der Waals surface area (Å²) in [6.45, 7) is 1.99. The minimum atomic E-state index is -0.211. The predicted octanol–water partition coefficient (Wildman–Crippen LogP) is 1.76. The largest absolute Gasteiger partial charge is 0.379 e. The molecule has 0 spiro atoms. The molecule has 104 valence electrons. The van der Waals surface area contributed by atoms with Crippen molar-refractivity contribution < 1.29 is 9.39 Å². The van der Waals surface area contributed by atoms with E-state index < -0.39 is 0 Å². The van der Waals surface area contributed by atoms with Gasteiger partial charge >= 0.3 is 0 Å². The van der Waals surface area contributed by atoms with Crippen molar-refractivity contribution in [3.8, 4) is 0 Å². The molecule has 0 heterocycles. The fourth-order valence-corrected chi connectivity index (χ4v) is 1.61. The number of quaternary nitrogens is 1. The van der Waals surface area contributed by atoms with Crippen LogP contribution in [0.1, 0.15) is 18.9 Å². The number of carbonyl (C=O) groups excluding carboxylic acids is 1. The smallest absolute Gasteiger partial charge is 0.287 e. The van der Waals surface area contributed by atoms with Crippen molar-refractivity contribution in [2.75, 3.05) is 21.1 Å². The Balaban J connectivity index is 2.53. The lowest BCUT2D eigenvalue weighted by Crippen LogP contribution is -2.56. The molecule has 0 saturated carbocycles. The molecule has 0 bridgehead atoms. The number of nitrogens with one attached hydrogen (secondary N) is 2. The molecule has 2 N–H and O–H groups in total. The summed E-state index contributed by atoms with van der Waals surface area (Å²) < 4.78 is 0.416. The number of nitrogens with zero attached hydrogens (tertiary/aromatic N) is 1. The summed E-state index contributed by atoms with van der Waals surface area (Å²) in [6, 6.07) is 9.78. The van der Waals surface area contributed by atoms with E-state index in [-0.39, 0.29) is 11.9 Å². The molecule has 0 unspecified atom stereocenters. The summed E-state index contributed by atoms with van der Waals surface area (Å²) >= 11 is 0. The standard InChI is InChI=1S/C15H23N3O/c1-5-14(15(19)17-18(2,3)4)16-12-11-13-9-7-6-8-10-13/h6-12,14,16H,5H2,1-4H3/p+1/t14-/m0/s1. The molecule has 1 aromatic carbocycles. The Morgan fingerprint density at radius 3 is 2.42 bits per heavy atom. The number of carbonyl (C=O) groups is 1. The molecule has 0 radical (unpaired) electrons. The highest BCUT2D eigenvalue weighted by atomic mass is 16.2. The number of hydrogen-bond donors (Lipinski definition) is 2. The van der Waals surface area contributed by atoms with Crippen LogP contribution in [0.5, 0.6) is 0 Å². The highest BCUT2D eigenvalue weighted by Gasteiger charge is 2.20. The number of benzene rings is 1. The van der Waals surface area contributed by atoms with Crippen molar-refractivity contribution in [3.05, 3.63) is 42.1 Å². The van der Waals surface area contributed by atoms with Crippen LogP contribution in [0.4, 0.5) is 0 Å². The van der Waals surface area contributed by atoms with Crippen LogP contribution >= 0.6 is 0 Å². The van der Waals surface area contributed by atoms with Crippen LogP contribution in [0.25, 0.3) is 6.08 Å². The van der Waals surface area contributed by atoms with Gasteiger partial charge in [0.25, 0.3) is 5.91 Å². The Hall–Kier alpha value is -1.81. The molecule has 1 rings (SSSR count). The summed E-state index contributed by atoms with van der Waals surface area (Å²) in [6.07, 6.45) is 4.53. The van der Waals surface area contributed by atoms with Gasteiger partial charge in [0, 0.05) is 0 Å². The van der Waals surface area contributed by atoms with Gasteiger partial charge in [0.15, 0.2) is 0 Å². The molecule has 0 saturated heterocycles. The average Bonchev–Trinajstić information content (AvgIpc) is 2.33. The lowest BCUT2D eigenvalue weighted by Gasteiger charge is -2.26. The number of amides is 1. The van der Waals surface area contributed by atoms with Crippen LogP contribution in [-0.4, -0.2) is 37.7 Å². The molecule has 0 fully saturated rings. The summed E-state index contributed by atoms with van der Waals surface area (Å²) in [5.74, 6) is 0.00714. The van der Waals surface area contributed by atoms with E-state index in [1.807, 2.05) is 70.7 Å². The summed E-state index contributed by atoms with van der Waals surface area (Å²) in [4.78, 5) is 12.0. The molecular weight excluding hydrogens is 238 g/mol. The number of hydrogen-bond acceptors (Lipinski definition) is 2. The zero-order valence-corrected chi connectivity index (χ0v) is 12.2. The van der Waals surface area contributed by atoms with Crippen LogP contribution in [0.2, 0.25) is 0 Å². The monoisotopic (exact) mass is 262 g/mol. The van der Waals surface area contributed by atoms with Gasteiger partial charge in [-0.1, -0.05) is 37.3 Å². The first-order chi connectivity index (χ1) is 8.92. The van der Waals surface area contributed by atoms with Crippen molar-refractivity contribution >= 4 is 12.0 Å². The lowest BCUT2D eigenvalue weighted by molar-refractivity contribution is -0.906. The van der Waals surface area contributed by atoms with Gasteiger partial charge in [0.05, 0.1) is 21.1 Å². The highest BCUT2D eigenvalue weighted by molar-refractivity contribution is 5.80. The van der Waals surface area contributed by atoms with E-state index >= 15 is 0 Å². The lowest BCUT2D eigenvalue weighted by atomic mass is 10.2. The Kier molecular flexibility index (Phi) is 5.57. The van der Waals surface area contributed by atoms with E-state index in [9.17, 15) is 4.79 Å². The van der Waals surface area contributed by atoms with Gasteiger partial charge in [0.2, 0.25) is 0 Å². The zero-order valence-electron chi connectivity index (χ0n) is 12.2. The minimum absolute atomic E-state index is 0.00714. The molecule has 0 aliphatic carbocycles. The summed E-state index contributed by atoms with van der Waals surface area (Å²) in [5, 5.41) is 3.14. The SMILES string of the molecule is CC[C@H](NC=Cc1ccccc1)C(=O)N[N+](C)(C)C. The van der Waals surface area contributed by atoms with Crippen LogP contribution in [0, 0.1) is 0 Å². The van der Waals surface area contributed by atoms with E-state index in [1.54, 1.807) is 0 Å². The zero-order chi connectivity index (χ0) is 14.3. The maximum absolute atomic E-state index is 12.0. The Bertz CT molecular complexity index is 421. The molecule has 0 aliphatic heterocycles. The van der Waals surface area contributed by atoms with Gasteiger partial charge in [-0.15, -0.1) is 0 Å². The first-order valence-corrected chi connectivity index (χ1v) is 6.53. The summed E-state index contributed by atoms with van der Waals surface area (Å²) in [7, 11) is 5.76. The van der Waals surface area contributed by atoms with E-state index in [2.05, 4.69) is 10.7 Å². The highest BCUT2D eigenvalue weighted by Crippen LogP contribution is 2.01. The second-order valence-corrected chi connectivity index (χ2v) is 5.36. The maximum atomic E-state index is 12.0. The minimum Gasteiger partial charge on any atom is -0.379 e. The Morgan fingerprint density at radius 1 is 1.26 bits per heavy atom. The fourth-order valence-electron chi connectivity index (χ4n) is 1.61.